The standard InChI is InChI=1S/C16H7BrF4N2O2.C2H6/c17-10-7-22-16(25-14-4-2-9(19)6-12(14)21)23-15(10)24-13-3-1-8(18)5-11(13)20;1-2/h1-7H;1-2H3. The first-order valence-corrected chi connectivity index (χ1v) is 8.50. The van der Waals surface area contributed by atoms with Crippen molar-refractivity contribution < 1.29 is 27.0 Å². The Kier molecular flexibility index (Phi) is 7.12. The Hall–Kier alpha value is -2.68. The second-order valence-electron chi connectivity index (χ2n) is 4.66. The Labute approximate surface area is 160 Å². The summed E-state index contributed by atoms with van der Waals surface area (Å²) in [5.41, 5.74) is 0. The smallest absolute Gasteiger partial charge is 0.325 e. The van der Waals surface area contributed by atoms with Gasteiger partial charge in [0.2, 0.25) is 5.88 Å². The van der Waals surface area contributed by atoms with Crippen LogP contribution >= 0.6 is 15.9 Å². The Morgan fingerprint density at radius 2 is 1.33 bits per heavy atom. The lowest BCUT2D eigenvalue weighted by molar-refractivity contribution is 0.381. The molecular weight excluding hydrogens is 432 g/mol. The third kappa shape index (κ3) is 5.40. The molecule has 0 N–H and O–H groups in total. The van der Waals surface area contributed by atoms with Crippen molar-refractivity contribution in [3.05, 3.63) is 70.3 Å². The molecule has 27 heavy (non-hydrogen) atoms. The lowest BCUT2D eigenvalue weighted by Gasteiger charge is -2.09. The molecule has 3 rings (SSSR count). The van der Waals surface area contributed by atoms with Crippen LogP contribution < -0.4 is 9.47 Å². The van der Waals surface area contributed by atoms with Gasteiger partial charge >= 0.3 is 6.01 Å². The van der Waals surface area contributed by atoms with Crippen molar-refractivity contribution in [3.8, 4) is 23.4 Å². The van der Waals surface area contributed by atoms with Gasteiger partial charge in [-0.1, -0.05) is 13.8 Å². The molecule has 0 unspecified atom stereocenters. The predicted octanol–water partition coefficient (Wildman–Crippen LogP) is 6.41. The highest BCUT2D eigenvalue weighted by Crippen LogP contribution is 2.31. The van der Waals surface area contributed by atoms with Gasteiger partial charge in [0, 0.05) is 12.1 Å². The summed E-state index contributed by atoms with van der Waals surface area (Å²) in [6.45, 7) is 4.00. The number of hydrogen-bond acceptors (Lipinski definition) is 4. The summed E-state index contributed by atoms with van der Waals surface area (Å²) in [6.07, 6.45) is 1.24. The number of nitrogens with zero attached hydrogens (tertiary/aromatic N) is 2. The van der Waals surface area contributed by atoms with Crippen molar-refractivity contribution >= 4 is 15.9 Å². The zero-order valence-electron chi connectivity index (χ0n) is 14.1. The molecule has 0 aliphatic heterocycles. The zero-order chi connectivity index (χ0) is 20.0. The van der Waals surface area contributed by atoms with E-state index in [2.05, 4.69) is 25.9 Å². The molecule has 0 bridgehead atoms. The van der Waals surface area contributed by atoms with Crippen LogP contribution in [0.3, 0.4) is 0 Å². The van der Waals surface area contributed by atoms with Gasteiger partial charge in [0.15, 0.2) is 23.1 Å². The summed E-state index contributed by atoms with van der Waals surface area (Å²) in [5.74, 6) is -4.13. The van der Waals surface area contributed by atoms with Crippen molar-refractivity contribution in [3.63, 3.8) is 0 Å². The van der Waals surface area contributed by atoms with E-state index in [1.807, 2.05) is 13.8 Å². The monoisotopic (exact) mass is 444 g/mol. The normalized spacial score (nSPS) is 10.0. The van der Waals surface area contributed by atoms with Crippen molar-refractivity contribution in [2.45, 2.75) is 13.8 Å². The van der Waals surface area contributed by atoms with Crippen LogP contribution in [0.2, 0.25) is 0 Å². The van der Waals surface area contributed by atoms with Crippen LogP contribution in [-0.2, 0) is 0 Å². The Morgan fingerprint density at radius 1 is 0.815 bits per heavy atom. The zero-order valence-corrected chi connectivity index (χ0v) is 15.7. The minimum atomic E-state index is -0.946. The highest BCUT2D eigenvalue weighted by atomic mass is 79.9. The molecule has 0 aliphatic carbocycles. The molecule has 1 aromatic heterocycles. The average Bonchev–Trinajstić information content (AvgIpc) is 2.64. The number of benzene rings is 2. The predicted molar refractivity (Wildman–Crippen MR) is 93.9 cm³/mol. The van der Waals surface area contributed by atoms with E-state index < -0.39 is 23.3 Å². The number of ether oxygens (including phenoxy) is 2. The molecule has 0 saturated heterocycles. The molecule has 4 nitrogen and oxygen atoms in total. The van der Waals surface area contributed by atoms with Gasteiger partial charge in [0.1, 0.15) is 11.6 Å². The fourth-order valence-corrected chi connectivity index (χ4v) is 2.05. The highest BCUT2D eigenvalue weighted by molar-refractivity contribution is 9.10. The molecule has 0 amide bonds. The van der Waals surface area contributed by atoms with Crippen LogP contribution in [0.4, 0.5) is 17.6 Å². The maximum Gasteiger partial charge on any atom is 0.325 e. The van der Waals surface area contributed by atoms with Gasteiger partial charge in [-0.05, 0) is 40.2 Å². The molecule has 0 spiro atoms. The third-order valence-corrected chi connectivity index (χ3v) is 3.43. The first-order valence-electron chi connectivity index (χ1n) is 7.71. The van der Waals surface area contributed by atoms with Crippen LogP contribution in [0.1, 0.15) is 13.8 Å². The lowest BCUT2D eigenvalue weighted by Crippen LogP contribution is -1.98. The minimum absolute atomic E-state index is 0.141. The van der Waals surface area contributed by atoms with E-state index in [1.165, 1.54) is 6.20 Å². The Bertz CT molecular complexity index is 941. The Balaban J connectivity index is 0.00000126. The van der Waals surface area contributed by atoms with Crippen LogP contribution in [0.5, 0.6) is 23.4 Å². The molecule has 0 atom stereocenters. The second kappa shape index (κ2) is 9.31. The van der Waals surface area contributed by atoms with Crippen LogP contribution in [0.25, 0.3) is 0 Å². The average molecular weight is 445 g/mol. The van der Waals surface area contributed by atoms with Gasteiger partial charge in [0.25, 0.3) is 0 Å². The van der Waals surface area contributed by atoms with Crippen LogP contribution in [0.15, 0.2) is 47.1 Å². The van der Waals surface area contributed by atoms with Crippen molar-refractivity contribution in [2.75, 3.05) is 0 Å². The van der Waals surface area contributed by atoms with E-state index in [9.17, 15) is 17.6 Å². The maximum absolute atomic E-state index is 13.7. The topological polar surface area (TPSA) is 44.2 Å². The van der Waals surface area contributed by atoms with Crippen molar-refractivity contribution in [1.82, 2.24) is 9.97 Å². The molecule has 3 aromatic rings. The van der Waals surface area contributed by atoms with E-state index in [1.54, 1.807) is 0 Å². The van der Waals surface area contributed by atoms with E-state index >= 15 is 0 Å². The molecule has 0 saturated carbocycles. The van der Waals surface area contributed by atoms with Gasteiger partial charge < -0.3 is 9.47 Å². The molecule has 2 aromatic carbocycles. The number of halogens is 5. The SMILES string of the molecule is CC.Fc1ccc(Oc2ncc(Br)c(Oc3ccc(F)cc3F)n2)c(F)c1. The second-order valence-corrected chi connectivity index (χ2v) is 5.51. The maximum atomic E-state index is 13.7. The van der Waals surface area contributed by atoms with Crippen molar-refractivity contribution in [2.24, 2.45) is 0 Å². The highest BCUT2D eigenvalue weighted by Gasteiger charge is 2.14. The molecule has 1 heterocycles. The van der Waals surface area contributed by atoms with E-state index in [0.29, 0.717) is 12.1 Å². The first-order chi connectivity index (χ1) is 12.9. The molecule has 0 radical (unpaired) electrons. The fourth-order valence-electron chi connectivity index (χ4n) is 1.78. The third-order valence-electron chi connectivity index (χ3n) is 2.89. The molecule has 9 heteroatoms. The van der Waals surface area contributed by atoms with Crippen molar-refractivity contribution in [1.29, 1.82) is 0 Å². The summed E-state index contributed by atoms with van der Waals surface area (Å²) in [6, 6.07) is 5.14. The number of rotatable bonds is 4. The van der Waals surface area contributed by atoms with Gasteiger partial charge in [-0.25, -0.2) is 22.5 Å². The van der Waals surface area contributed by atoms with Gasteiger partial charge in [-0.15, -0.1) is 0 Å². The largest absolute Gasteiger partial charge is 0.435 e. The summed E-state index contributed by atoms with van der Waals surface area (Å²) >= 11 is 3.11. The van der Waals surface area contributed by atoms with E-state index in [-0.39, 0.29) is 27.9 Å². The number of hydrogen-bond donors (Lipinski definition) is 0. The molecule has 0 fully saturated rings. The van der Waals surface area contributed by atoms with E-state index in [4.69, 9.17) is 9.47 Å². The minimum Gasteiger partial charge on any atom is -0.435 e. The Morgan fingerprint density at radius 3 is 1.85 bits per heavy atom. The lowest BCUT2D eigenvalue weighted by atomic mass is 10.3. The molecule has 142 valence electrons. The van der Waals surface area contributed by atoms with Gasteiger partial charge in [-0.3, -0.25) is 0 Å². The summed E-state index contributed by atoms with van der Waals surface area (Å²) in [7, 11) is 0. The fraction of sp³-hybridized carbons (Fsp3) is 0.111. The number of aromatic nitrogens is 2. The van der Waals surface area contributed by atoms with Crippen LogP contribution in [0, 0.1) is 23.3 Å². The summed E-state index contributed by atoms with van der Waals surface area (Å²) in [5, 5.41) is 0. The first kappa shape index (κ1) is 20.6. The molecular formula is C18H13BrF4N2O2. The quantitative estimate of drug-likeness (QED) is 0.436. The van der Waals surface area contributed by atoms with Gasteiger partial charge in [-0.2, -0.15) is 4.98 Å². The summed E-state index contributed by atoms with van der Waals surface area (Å²) < 4.78 is 63.7. The van der Waals surface area contributed by atoms with Crippen LogP contribution in [-0.4, -0.2) is 9.97 Å². The molecule has 0 aliphatic rings. The van der Waals surface area contributed by atoms with E-state index in [0.717, 1.165) is 24.3 Å². The summed E-state index contributed by atoms with van der Waals surface area (Å²) in [4.78, 5) is 7.67. The van der Waals surface area contributed by atoms with Gasteiger partial charge in [0.05, 0.1) is 10.7 Å².